The van der Waals surface area contributed by atoms with Gasteiger partial charge in [0.15, 0.2) is 0 Å². The second-order valence-corrected chi connectivity index (χ2v) is 5.29. The molecule has 0 saturated heterocycles. The zero-order chi connectivity index (χ0) is 13.5. The van der Waals surface area contributed by atoms with Gasteiger partial charge in [0.2, 0.25) is 11.1 Å². The number of amides is 1. The van der Waals surface area contributed by atoms with E-state index in [1.54, 1.807) is 6.92 Å². The molecule has 7 nitrogen and oxygen atoms in total. The lowest BCUT2D eigenvalue weighted by atomic mass is 10.2. The van der Waals surface area contributed by atoms with Crippen LogP contribution in [0, 0.1) is 0 Å². The maximum Gasteiger partial charge on any atom is 0.233 e. The van der Waals surface area contributed by atoms with E-state index in [0.29, 0.717) is 11.7 Å². The first kappa shape index (κ1) is 14.9. The highest BCUT2D eigenvalue weighted by molar-refractivity contribution is 8.00. The van der Waals surface area contributed by atoms with Gasteiger partial charge in [-0.25, -0.2) is 4.68 Å². The van der Waals surface area contributed by atoms with E-state index in [1.165, 1.54) is 16.4 Å². The van der Waals surface area contributed by atoms with Gasteiger partial charge in [0.1, 0.15) is 0 Å². The van der Waals surface area contributed by atoms with Crippen LogP contribution in [0.5, 0.6) is 0 Å². The summed E-state index contributed by atoms with van der Waals surface area (Å²) in [5.41, 5.74) is 0. The molecule has 0 radical (unpaired) electrons. The summed E-state index contributed by atoms with van der Waals surface area (Å²) < 4.78 is 1.48. The molecule has 18 heavy (non-hydrogen) atoms. The van der Waals surface area contributed by atoms with Crippen LogP contribution in [0.1, 0.15) is 27.2 Å². The molecule has 0 fully saturated rings. The summed E-state index contributed by atoms with van der Waals surface area (Å²) in [6.45, 7) is 6.08. The van der Waals surface area contributed by atoms with Crippen LogP contribution >= 0.6 is 11.8 Å². The van der Waals surface area contributed by atoms with E-state index in [0.717, 1.165) is 6.42 Å². The summed E-state index contributed by atoms with van der Waals surface area (Å²) in [5, 5.41) is 23.1. The summed E-state index contributed by atoms with van der Waals surface area (Å²) in [7, 11) is 0. The number of carbonyl (C=O) groups excluding carboxylic acids is 1. The standard InChI is InChI=1S/C10H19N5O2S/c1-4-7(2)11-9(17)8(3)18-10-12-13-14-15(10)5-6-16/h7-8,16H,4-6H2,1-3H3,(H,11,17). The minimum absolute atomic E-state index is 0.0344. The first-order chi connectivity index (χ1) is 8.58. The molecule has 1 aromatic heterocycles. The van der Waals surface area contributed by atoms with E-state index >= 15 is 0 Å². The van der Waals surface area contributed by atoms with Crippen LogP contribution in [0.3, 0.4) is 0 Å². The number of aliphatic hydroxyl groups is 1. The average molecular weight is 273 g/mol. The lowest BCUT2D eigenvalue weighted by Crippen LogP contribution is -2.37. The molecule has 1 heterocycles. The number of thioether (sulfide) groups is 1. The topological polar surface area (TPSA) is 92.9 Å². The SMILES string of the molecule is CCC(C)NC(=O)C(C)Sc1nnnn1CCO. The van der Waals surface area contributed by atoms with Crippen molar-refractivity contribution in [1.29, 1.82) is 0 Å². The van der Waals surface area contributed by atoms with Crippen molar-refractivity contribution in [3.8, 4) is 0 Å². The first-order valence-electron chi connectivity index (χ1n) is 5.92. The quantitative estimate of drug-likeness (QED) is 0.682. The molecule has 1 amide bonds. The number of tetrazole rings is 1. The third kappa shape index (κ3) is 4.26. The van der Waals surface area contributed by atoms with Crippen molar-refractivity contribution < 1.29 is 9.90 Å². The van der Waals surface area contributed by atoms with E-state index in [4.69, 9.17) is 5.11 Å². The number of carbonyl (C=O) groups is 1. The van der Waals surface area contributed by atoms with Crippen LogP contribution in [-0.4, -0.2) is 49.1 Å². The number of nitrogens with one attached hydrogen (secondary N) is 1. The fourth-order valence-electron chi connectivity index (χ4n) is 1.19. The van der Waals surface area contributed by atoms with Gasteiger partial charge in [0.05, 0.1) is 18.4 Å². The number of aromatic nitrogens is 4. The Balaban J connectivity index is 2.55. The largest absolute Gasteiger partial charge is 0.394 e. The minimum Gasteiger partial charge on any atom is -0.394 e. The third-order valence-corrected chi connectivity index (χ3v) is 3.53. The van der Waals surface area contributed by atoms with Gasteiger partial charge in [-0.3, -0.25) is 4.79 Å². The van der Waals surface area contributed by atoms with Crippen LogP contribution < -0.4 is 5.32 Å². The molecule has 2 N–H and O–H groups in total. The van der Waals surface area contributed by atoms with Crippen molar-refractivity contribution in [2.24, 2.45) is 0 Å². The summed E-state index contributed by atoms with van der Waals surface area (Å²) in [4.78, 5) is 11.8. The van der Waals surface area contributed by atoms with Crippen LogP contribution in [0.4, 0.5) is 0 Å². The molecule has 102 valence electrons. The van der Waals surface area contributed by atoms with Crippen molar-refractivity contribution in [3.63, 3.8) is 0 Å². The second-order valence-electron chi connectivity index (χ2n) is 3.99. The number of hydrogen-bond donors (Lipinski definition) is 2. The molecule has 0 aliphatic carbocycles. The number of hydrogen-bond acceptors (Lipinski definition) is 6. The van der Waals surface area contributed by atoms with Crippen molar-refractivity contribution in [1.82, 2.24) is 25.5 Å². The molecule has 0 bridgehead atoms. The maximum atomic E-state index is 11.8. The predicted octanol–water partition coefficient (Wildman–Crippen LogP) is 0.0607. The minimum atomic E-state index is -0.276. The predicted molar refractivity (Wildman–Crippen MR) is 68.1 cm³/mol. The van der Waals surface area contributed by atoms with Crippen molar-refractivity contribution in [2.75, 3.05) is 6.61 Å². The van der Waals surface area contributed by atoms with Gasteiger partial charge in [-0.2, -0.15) is 0 Å². The van der Waals surface area contributed by atoms with E-state index in [9.17, 15) is 4.79 Å². The van der Waals surface area contributed by atoms with Crippen LogP contribution in [0.2, 0.25) is 0 Å². The molecule has 0 saturated carbocycles. The average Bonchev–Trinajstić information content (AvgIpc) is 2.77. The lowest BCUT2D eigenvalue weighted by Gasteiger charge is -2.15. The Labute approximate surface area is 110 Å². The molecular formula is C10H19N5O2S. The highest BCUT2D eigenvalue weighted by Gasteiger charge is 2.19. The van der Waals surface area contributed by atoms with E-state index in [2.05, 4.69) is 20.8 Å². The Morgan fingerprint density at radius 3 is 2.89 bits per heavy atom. The van der Waals surface area contributed by atoms with Gasteiger partial charge in [0.25, 0.3) is 0 Å². The van der Waals surface area contributed by atoms with E-state index in [-0.39, 0.29) is 23.8 Å². The van der Waals surface area contributed by atoms with Gasteiger partial charge >= 0.3 is 0 Å². The van der Waals surface area contributed by atoms with E-state index in [1.807, 2.05) is 13.8 Å². The highest BCUT2D eigenvalue weighted by atomic mass is 32.2. The molecule has 1 aromatic rings. The number of rotatable bonds is 7. The summed E-state index contributed by atoms with van der Waals surface area (Å²) in [5.74, 6) is -0.0344. The Morgan fingerprint density at radius 1 is 1.56 bits per heavy atom. The fourth-order valence-corrected chi connectivity index (χ4v) is 2.01. The fraction of sp³-hybridized carbons (Fsp3) is 0.800. The Kier molecular flexibility index (Phi) is 6.06. The Hall–Kier alpha value is -1.15. The van der Waals surface area contributed by atoms with Crippen molar-refractivity contribution in [2.45, 2.75) is 50.2 Å². The highest BCUT2D eigenvalue weighted by Crippen LogP contribution is 2.20. The van der Waals surface area contributed by atoms with Crippen molar-refractivity contribution >= 4 is 17.7 Å². The third-order valence-electron chi connectivity index (χ3n) is 2.46. The van der Waals surface area contributed by atoms with Crippen LogP contribution in [0.15, 0.2) is 5.16 Å². The molecule has 0 spiro atoms. The zero-order valence-electron chi connectivity index (χ0n) is 10.8. The number of aliphatic hydroxyl groups excluding tert-OH is 1. The van der Waals surface area contributed by atoms with E-state index < -0.39 is 0 Å². The molecule has 1 rings (SSSR count). The molecule has 0 aromatic carbocycles. The smallest absolute Gasteiger partial charge is 0.233 e. The van der Waals surface area contributed by atoms with Gasteiger partial charge in [-0.05, 0) is 30.7 Å². The van der Waals surface area contributed by atoms with Gasteiger partial charge < -0.3 is 10.4 Å². The lowest BCUT2D eigenvalue weighted by molar-refractivity contribution is -0.120. The van der Waals surface area contributed by atoms with Gasteiger partial charge in [-0.15, -0.1) is 5.10 Å². The second kappa shape index (κ2) is 7.32. The summed E-state index contributed by atoms with van der Waals surface area (Å²) >= 11 is 1.28. The Bertz CT molecular complexity index is 384. The van der Waals surface area contributed by atoms with Crippen LogP contribution in [0.25, 0.3) is 0 Å². The Morgan fingerprint density at radius 2 is 2.28 bits per heavy atom. The molecule has 0 aliphatic heterocycles. The molecule has 2 unspecified atom stereocenters. The maximum absolute atomic E-state index is 11.8. The summed E-state index contributed by atoms with van der Waals surface area (Å²) in [6.07, 6.45) is 0.894. The molecule has 8 heteroatoms. The van der Waals surface area contributed by atoms with Crippen LogP contribution in [-0.2, 0) is 11.3 Å². The zero-order valence-corrected chi connectivity index (χ0v) is 11.6. The molecule has 2 atom stereocenters. The normalized spacial score (nSPS) is 14.2. The first-order valence-corrected chi connectivity index (χ1v) is 6.80. The van der Waals surface area contributed by atoms with Gasteiger partial charge in [-0.1, -0.05) is 18.7 Å². The van der Waals surface area contributed by atoms with Gasteiger partial charge in [0, 0.05) is 6.04 Å². The number of nitrogens with zero attached hydrogens (tertiary/aromatic N) is 4. The van der Waals surface area contributed by atoms with Crippen molar-refractivity contribution in [3.05, 3.63) is 0 Å². The summed E-state index contributed by atoms with van der Waals surface area (Å²) in [6, 6.07) is 0.161. The molecular weight excluding hydrogens is 254 g/mol. The monoisotopic (exact) mass is 273 g/mol. The molecule has 0 aliphatic rings.